The van der Waals surface area contributed by atoms with E-state index in [0.29, 0.717) is 38.5 Å². The number of fused-ring (bicyclic) bond motifs is 2. The van der Waals surface area contributed by atoms with Gasteiger partial charge in [0.2, 0.25) is 0 Å². The lowest BCUT2D eigenvalue weighted by Crippen LogP contribution is -2.52. The Morgan fingerprint density at radius 3 is 2.62 bits per heavy atom. The fourth-order valence-corrected chi connectivity index (χ4v) is 4.38. The Balaban J connectivity index is 1.94. The zero-order valence-corrected chi connectivity index (χ0v) is 18.6. The summed E-state index contributed by atoms with van der Waals surface area (Å²) in [6.07, 6.45) is -4.01. The normalized spacial score (nSPS) is 14.5. The van der Waals surface area contributed by atoms with Crippen molar-refractivity contribution >= 4 is 34.0 Å². The molecule has 4 heterocycles. The second-order valence-electron chi connectivity index (χ2n) is 7.89. The first kappa shape index (κ1) is 22.2. The van der Waals surface area contributed by atoms with Gasteiger partial charge in [0.05, 0.1) is 36.2 Å². The van der Waals surface area contributed by atoms with E-state index in [-0.39, 0.29) is 24.6 Å². The van der Waals surface area contributed by atoms with Crippen molar-refractivity contribution in [3.05, 3.63) is 46.4 Å². The van der Waals surface area contributed by atoms with E-state index in [1.165, 1.54) is 13.3 Å². The van der Waals surface area contributed by atoms with Crippen LogP contribution in [0.5, 0.6) is 5.75 Å². The van der Waals surface area contributed by atoms with Crippen LogP contribution in [0.4, 0.5) is 19.0 Å². The first-order chi connectivity index (χ1) is 16.1. The van der Waals surface area contributed by atoms with Crippen molar-refractivity contribution in [2.75, 3.05) is 25.1 Å². The van der Waals surface area contributed by atoms with Crippen LogP contribution in [0.2, 0.25) is 5.02 Å². The third kappa shape index (κ3) is 3.29. The highest BCUT2D eigenvalue weighted by molar-refractivity contribution is 6.31. The lowest BCUT2D eigenvalue weighted by molar-refractivity contribution is -0.141. The maximum absolute atomic E-state index is 13.7. The highest BCUT2D eigenvalue weighted by atomic mass is 35.5. The Labute approximate surface area is 195 Å². The van der Waals surface area contributed by atoms with Crippen LogP contribution in [-0.2, 0) is 6.18 Å². The molecule has 8 nitrogen and oxygen atoms in total. The summed E-state index contributed by atoms with van der Waals surface area (Å²) in [4.78, 5) is 10.4. The Bertz CT molecular complexity index is 1510. The largest absolute Gasteiger partial charge is 0.494 e. The summed E-state index contributed by atoms with van der Waals surface area (Å²) in [5, 5.41) is 24.3. The third-order valence-corrected chi connectivity index (χ3v) is 5.96. The SMILES string of the molecule is COc1cnc2cc(Cl)ccc2c1-c1c(C)nc2c(C#N)c(C(F)(F)F)nn2c1N1CC(O)C1. The van der Waals surface area contributed by atoms with Gasteiger partial charge in [-0.05, 0) is 19.1 Å². The number of anilines is 1. The summed E-state index contributed by atoms with van der Waals surface area (Å²) in [7, 11) is 1.46. The summed E-state index contributed by atoms with van der Waals surface area (Å²) >= 11 is 6.14. The maximum Gasteiger partial charge on any atom is 0.436 e. The zero-order chi connectivity index (χ0) is 24.4. The van der Waals surface area contributed by atoms with Gasteiger partial charge in [0, 0.05) is 29.1 Å². The van der Waals surface area contributed by atoms with Gasteiger partial charge >= 0.3 is 6.18 Å². The van der Waals surface area contributed by atoms with E-state index in [0.717, 1.165) is 4.52 Å². The van der Waals surface area contributed by atoms with Crippen molar-refractivity contribution in [1.82, 2.24) is 19.6 Å². The number of β-amino-alcohol motifs (C(OH)–C–C–N with tert-alkyl or cyclic N) is 1. The van der Waals surface area contributed by atoms with E-state index in [1.807, 2.05) is 0 Å². The van der Waals surface area contributed by atoms with E-state index < -0.39 is 23.5 Å². The van der Waals surface area contributed by atoms with Crippen LogP contribution >= 0.6 is 11.6 Å². The lowest BCUT2D eigenvalue weighted by Gasteiger charge is -2.39. The third-order valence-electron chi connectivity index (χ3n) is 5.73. The van der Waals surface area contributed by atoms with Crippen molar-refractivity contribution in [3.63, 3.8) is 0 Å². The molecule has 1 fully saturated rings. The molecule has 0 atom stereocenters. The summed E-state index contributed by atoms with van der Waals surface area (Å²) in [5.74, 6) is 0.630. The van der Waals surface area contributed by atoms with Gasteiger partial charge < -0.3 is 14.7 Å². The fraction of sp³-hybridized carbons (Fsp3) is 0.273. The number of methoxy groups -OCH3 is 1. The Hall–Kier alpha value is -3.62. The number of ether oxygens (including phenoxy) is 1. The number of aliphatic hydroxyl groups excluding tert-OH is 1. The topological polar surface area (TPSA) is 99.6 Å². The standard InChI is InChI=1S/C22H16ClF3N6O2/c1-10-17(18-13-4-3-11(23)5-15(13)28-7-16(18)34-2)21(31-8-12(33)9-31)32-20(29-10)14(6-27)19(30-32)22(24,25)26/h3-5,7,12,33H,8-9H2,1-2H3. The summed E-state index contributed by atoms with van der Waals surface area (Å²) < 4.78 is 47.7. The molecule has 0 spiro atoms. The Morgan fingerprint density at radius 1 is 1.26 bits per heavy atom. The molecule has 0 aliphatic carbocycles. The van der Waals surface area contributed by atoms with Crippen molar-refractivity contribution in [3.8, 4) is 22.9 Å². The zero-order valence-electron chi connectivity index (χ0n) is 17.9. The number of alkyl halides is 3. The summed E-state index contributed by atoms with van der Waals surface area (Å²) in [6.45, 7) is 1.98. The second-order valence-corrected chi connectivity index (χ2v) is 8.32. The minimum atomic E-state index is -4.85. The van der Waals surface area contributed by atoms with Gasteiger partial charge in [0.15, 0.2) is 11.3 Å². The predicted octanol–water partition coefficient (Wildman–Crippen LogP) is 3.99. The average molecular weight is 489 g/mol. The number of nitrogens with zero attached hydrogens (tertiary/aromatic N) is 6. The highest BCUT2D eigenvalue weighted by Gasteiger charge is 2.41. The molecule has 1 aliphatic rings. The van der Waals surface area contributed by atoms with E-state index in [2.05, 4.69) is 15.1 Å². The predicted molar refractivity (Wildman–Crippen MR) is 118 cm³/mol. The van der Waals surface area contributed by atoms with Gasteiger partial charge in [0.1, 0.15) is 23.2 Å². The van der Waals surface area contributed by atoms with Gasteiger partial charge in [-0.15, -0.1) is 0 Å². The molecule has 4 aromatic rings. The average Bonchev–Trinajstić information content (AvgIpc) is 3.14. The molecule has 1 saturated heterocycles. The second kappa shape index (κ2) is 7.72. The quantitative estimate of drug-likeness (QED) is 0.465. The van der Waals surface area contributed by atoms with Gasteiger partial charge in [-0.2, -0.15) is 28.0 Å². The van der Waals surface area contributed by atoms with Crippen LogP contribution in [0.25, 0.3) is 27.7 Å². The molecule has 0 unspecified atom stereocenters. The highest BCUT2D eigenvalue weighted by Crippen LogP contribution is 2.45. The van der Waals surface area contributed by atoms with Crippen molar-refractivity contribution < 1.29 is 23.0 Å². The smallest absolute Gasteiger partial charge is 0.436 e. The van der Waals surface area contributed by atoms with Gasteiger partial charge in [-0.1, -0.05) is 17.7 Å². The molecule has 12 heteroatoms. The summed E-state index contributed by atoms with van der Waals surface area (Å²) in [6, 6.07) is 6.68. The van der Waals surface area contributed by atoms with Gasteiger partial charge in [-0.3, -0.25) is 4.98 Å². The van der Waals surface area contributed by atoms with Crippen LogP contribution in [0.15, 0.2) is 24.4 Å². The molecule has 0 bridgehead atoms. The van der Waals surface area contributed by atoms with Gasteiger partial charge in [0.25, 0.3) is 0 Å². The number of aromatic nitrogens is 4. The molecular weight excluding hydrogens is 473 g/mol. The van der Waals surface area contributed by atoms with Gasteiger partial charge in [-0.25, -0.2) is 4.98 Å². The van der Waals surface area contributed by atoms with Crippen LogP contribution in [0, 0.1) is 18.3 Å². The molecule has 34 heavy (non-hydrogen) atoms. The minimum absolute atomic E-state index is 0.172. The molecule has 0 saturated carbocycles. The van der Waals surface area contributed by atoms with E-state index in [9.17, 15) is 23.5 Å². The monoisotopic (exact) mass is 488 g/mol. The number of pyridine rings is 1. The van der Waals surface area contributed by atoms with Crippen LogP contribution < -0.4 is 9.64 Å². The van der Waals surface area contributed by atoms with Crippen LogP contribution in [0.3, 0.4) is 0 Å². The van der Waals surface area contributed by atoms with Crippen LogP contribution in [-0.4, -0.2) is 51.0 Å². The van der Waals surface area contributed by atoms with E-state index in [1.54, 1.807) is 36.1 Å². The number of benzene rings is 1. The van der Waals surface area contributed by atoms with E-state index in [4.69, 9.17) is 16.3 Å². The lowest BCUT2D eigenvalue weighted by atomic mass is 9.97. The number of hydrogen-bond acceptors (Lipinski definition) is 7. The first-order valence-electron chi connectivity index (χ1n) is 10.1. The molecule has 0 amide bonds. The molecule has 1 aromatic carbocycles. The van der Waals surface area contributed by atoms with E-state index >= 15 is 0 Å². The maximum atomic E-state index is 13.7. The molecule has 1 N–H and O–H groups in total. The number of rotatable bonds is 3. The Morgan fingerprint density at radius 2 is 2.00 bits per heavy atom. The molecule has 5 rings (SSSR count). The molecule has 3 aromatic heterocycles. The fourth-order valence-electron chi connectivity index (χ4n) is 4.22. The number of hydrogen-bond donors (Lipinski definition) is 1. The number of aryl methyl sites for hydroxylation is 1. The molecule has 1 aliphatic heterocycles. The van der Waals surface area contributed by atoms with Crippen molar-refractivity contribution in [2.45, 2.75) is 19.2 Å². The van der Waals surface area contributed by atoms with Crippen molar-refractivity contribution in [2.24, 2.45) is 0 Å². The number of halogens is 4. The number of aliphatic hydroxyl groups is 1. The minimum Gasteiger partial charge on any atom is -0.494 e. The summed E-state index contributed by atoms with van der Waals surface area (Å²) in [5.41, 5.74) is -0.307. The Kier molecular flexibility index (Phi) is 5.03. The molecular formula is C22H16ClF3N6O2. The molecule has 174 valence electrons. The van der Waals surface area contributed by atoms with Crippen LogP contribution in [0.1, 0.15) is 17.0 Å². The number of nitriles is 1. The first-order valence-corrected chi connectivity index (χ1v) is 10.5. The van der Waals surface area contributed by atoms with Crippen molar-refractivity contribution in [1.29, 1.82) is 5.26 Å². The molecule has 0 radical (unpaired) electrons.